The van der Waals surface area contributed by atoms with E-state index in [1.54, 1.807) is 0 Å². The van der Waals surface area contributed by atoms with Crippen molar-refractivity contribution in [3.05, 3.63) is 30.1 Å². The van der Waals surface area contributed by atoms with Crippen LogP contribution in [-0.2, 0) is 18.4 Å². The molecule has 1 aliphatic rings. The second kappa shape index (κ2) is 8.21. The lowest BCUT2D eigenvalue weighted by Gasteiger charge is -2.35. The molecular formula is C21H32N4O. The number of benzene rings is 1. The number of fused-ring (bicyclic) bond motifs is 1. The van der Waals surface area contributed by atoms with E-state index in [0.29, 0.717) is 11.9 Å². The number of hydrogen-bond acceptors (Lipinski definition) is 3. The van der Waals surface area contributed by atoms with Gasteiger partial charge in [-0.2, -0.15) is 0 Å². The van der Waals surface area contributed by atoms with Crippen LogP contribution in [0.2, 0.25) is 0 Å². The van der Waals surface area contributed by atoms with Gasteiger partial charge in [0.15, 0.2) is 0 Å². The second-order valence-corrected chi connectivity index (χ2v) is 7.75. The summed E-state index contributed by atoms with van der Waals surface area (Å²) in [6, 6.07) is 8.57. The molecule has 0 bridgehead atoms. The predicted molar refractivity (Wildman–Crippen MR) is 106 cm³/mol. The molecule has 3 rings (SSSR count). The molecule has 1 fully saturated rings. The number of aromatic nitrogens is 2. The molecule has 0 radical (unpaired) electrons. The standard InChI is InChI=1S/C21H32N4O/c1-5-12-25(16(2)3)21(26)17-10-13-24(14-11-17)15-20-22-18-8-6-7-9-19(18)23(20)4/h6-9,16-17H,5,10-15H2,1-4H3. The number of imidazole rings is 1. The third kappa shape index (κ3) is 3.93. The first kappa shape index (κ1) is 18.9. The molecule has 5 heteroatoms. The van der Waals surface area contributed by atoms with Crippen LogP contribution >= 0.6 is 0 Å². The van der Waals surface area contributed by atoms with Gasteiger partial charge in [-0.1, -0.05) is 19.1 Å². The van der Waals surface area contributed by atoms with Crippen molar-refractivity contribution >= 4 is 16.9 Å². The summed E-state index contributed by atoms with van der Waals surface area (Å²) in [7, 11) is 2.09. The molecule has 0 spiro atoms. The predicted octanol–water partition coefficient (Wildman–Crippen LogP) is 3.43. The monoisotopic (exact) mass is 356 g/mol. The third-order valence-electron chi connectivity index (χ3n) is 5.55. The highest BCUT2D eigenvalue weighted by atomic mass is 16.2. The van der Waals surface area contributed by atoms with Gasteiger partial charge in [0.05, 0.1) is 17.6 Å². The first-order valence-corrected chi connectivity index (χ1v) is 9.94. The summed E-state index contributed by atoms with van der Waals surface area (Å²) >= 11 is 0. The molecule has 1 saturated heterocycles. The molecule has 1 aromatic heterocycles. The fourth-order valence-corrected chi connectivity index (χ4v) is 3.97. The van der Waals surface area contributed by atoms with Gasteiger partial charge in [0.25, 0.3) is 0 Å². The van der Waals surface area contributed by atoms with Crippen LogP contribution in [0.1, 0.15) is 45.9 Å². The summed E-state index contributed by atoms with van der Waals surface area (Å²) in [5.74, 6) is 1.63. The van der Waals surface area contributed by atoms with Crippen LogP contribution in [0, 0.1) is 5.92 Å². The number of nitrogens with zero attached hydrogens (tertiary/aromatic N) is 4. The van der Waals surface area contributed by atoms with Crippen LogP contribution in [0.15, 0.2) is 24.3 Å². The first-order chi connectivity index (χ1) is 12.5. The van der Waals surface area contributed by atoms with Gasteiger partial charge in [-0.3, -0.25) is 9.69 Å². The van der Waals surface area contributed by atoms with E-state index < -0.39 is 0 Å². The second-order valence-electron chi connectivity index (χ2n) is 7.75. The minimum atomic E-state index is 0.181. The number of rotatable bonds is 6. The average Bonchev–Trinajstić information content (AvgIpc) is 2.95. The molecule has 5 nitrogen and oxygen atoms in total. The third-order valence-corrected chi connectivity index (χ3v) is 5.55. The van der Waals surface area contributed by atoms with Crippen molar-refractivity contribution in [3.63, 3.8) is 0 Å². The van der Waals surface area contributed by atoms with Crippen LogP contribution in [0.25, 0.3) is 11.0 Å². The maximum Gasteiger partial charge on any atom is 0.226 e. The summed E-state index contributed by atoms with van der Waals surface area (Å²) in [5.41, 5.74) is 2.24. The molecule has 0 aliphatic carbocycles. The Labute approximate surface area is 157 Å². The normalized spacial score (nSPS) is 16.5. The molecule has 2 heterocycles. The number of carbonyl (C=O) groups is 1. The van der Waals surface area contributed by atoms with Gasteiger partial charge in [0, 0.05) is 25.6 Å². The Bertz CT molecular complexity index is 744. The van der Waals surface area contributed by atoms with E-state index in [2.05, 4.69) is 60.4 Å². The van der Waals surface area contributed by atoms with Crippen molar-refractivity contribution in [2.75, 3.05) is 19.6 Å². The Morgan fingerprint density at radius 3 is 2.58 bits per heavy atom. The van der Waals surface area contributed by atoms with Gasteiger partial charge >= 0.3 is 0 Å². The van der Waals surface area contributed by atoms with Crippen molar-refractivity contribution < 1.29 is 4.79 Å². The summed E-state index contributed by atoms with van der Waals surface area (Å²) in [5, 5.41) is 0. The number of carbonyl (C=O) groups excluding carboxylic acids is 1. The Kier molecular flexibility index (Phi) is 5.97. The van der Waals surface area contributed by atoms with E-state index in [9.17, 15) is 4.79 Å². The molecule has 1 aromatic carbocycles. The van der Waals surface area contributed by atoms with E-state index in [4.69, 9.17) is 4.98 Å². The van der Waals surface area contributed by atoms with Crippen molar-refractivity contribution in [2.45, 2.75) is 52.6 Å². The lowest BCUT2D eigenvalue weighted by molar-refractivity contribution is -0.138. The van der Waals surface area contributed by atoms with E-state index in [0.717, 1.165) is 56.8 Å². The number of hydrogen-bond donors (Lipinski definition) is 0. The van der Waals surface area contributed by atoms with Gasteiger partial charge < -0.3 is 9.47 Å². The maximum absolute atomic E-state index is 12.9. The number of likely N-dealkylation sites (tertiary alicyclic amines) is 1. The fourth-order valence-electron chi connectivity index (χ4n) is 3.97. The van der Waals surface area contributed by atoms with Gasteiger partial charge in [-0.25, -0.2) is 4.98 Å². The Morgan fingerprint density at radius 2 is 1.96 bits per heavy atom. The largest absolute Gasteiger partial charge is 0.340 e. The fraction of sp³-hybridized carbons (Fsp3) is 0.619. The molecule has 0 N–H and O–H groups in total. The molecule has 26 heavy (non-hydrogen) atoms. The van der Waals surface area contributed by atoms with Crippen LogP contribution in [0.3, 0.4) is 0 Å². The van der Waals surface area contributed by atoms with Gasteiger partial charge in [-0.05, 0) is 58.3 Å². The number of para-hydroxylation sites is 2. The molecule has 0 atom stereocenters. The van der Waals surface area contributed by atoms with Crippen LogP contribution in [0.4, 0.5) is 0 Å². The van der Waals surface area contributed by atoms with Crippen LogP contribution in [0.5, 0.6) is 0 Å². The summed E-state index contributed by atoms with van der Waals surface area (Å²) in [6.45, 7) is 10.0. The van der Waals surface area contributed by atoms with Crippen molar-refractivity contribution in [1.82, 2.24) is 19.4 Å². The molecule has 1 amide bonds. The van der Waals surface area contributed by atoms with Gasteiger partial charge in [0.2, 0.25) is 5.91 Å². The molecular weight excluding hydrogens is 324 g/mol. The minimum absolute atomic E-state index is 0.181. The highest BCUT2D eigenvalue weighted by Crippen LogP contribution is 2.23. The Balaban J connectivity index is 1.59. The van der Waals surface area contributed by atoms with E-state index in [-0.39, 0.29) is 5.92 Å². The SMILES string of the molecule is CCCN(C(=O)C1CCN(Cc2nc3ccccc3n2C)CC1)C(C)C. The van der Waals surface area contributed by atoms with E-state index in [1.807, 2.05) is 6.07 Å². The molecule has 0 unspecified atom stereocenters. The van der Waals surface area contributed by atoms with Crippen molar-refractivity contribution in [1.29, 1.82) is 0 Å². The Morgan fingerprint density at radius 1 is 1.27 bits per heavy atom. The van der Waals surface area contributed by atoms with Gasteiger partial charge in [0.1, 0.15) is 5.82 Å². The first-order valence-electron chi connectivity index (χ1n) is 9.94. The summed E-state index contributed by atoms with van der Waals surface area (Å²) in [4.78, 5) is 22.1. The average molecular weight is 357 g/mol. The zero-order chi connectivity index (χ0) is 18.7. The smallest absolute Gasteiger partial charge is 0.226 e. The highest BCUT2D eigenvalue weighted by molar-refractivity contribution is 5.79. The minimum Gasteiger partial charge on any atom is -0.340 e. The molecule has 0 saturated carbocycles. The van der Waals surface area contributed by atoms with Crippen LogP contribution < -0.4 is 0 Å². The van der Waals surface area contributed by atoms with Crippen molar-refractivity contribution in [3.8, 4) is 0 Å². The molecule has 142 valence electrons. The zero-order valence-electron chi connectivity index (χ0n) is 16.6. The summed E-state index contributed by atoms with van der Waals surface area (Å²) < 4.78 is 2.19. The topological polar surface area (TPSA) is 41.4 Å². The highest BCUT2D eigenvalue weighted by Gasteiger charge is 2.29. The van der Waals surface area contributed by atoms with E-state index >= 15 is 0 Å². The lowest BCUT2D eigenvalue weighted by Crippen LogP contribution is -2.45. The number of aryl methyl sites for hydroxylation is 1. The summed E-state index contributed by atoms with van der Waals surface area (Å²) in [6.07, 6.45) is 2.93. The zero-order valence-corrected chi connectivity index (χ0v) is 16.6. The van der Waals surface area contributed by atoms with E-state index in [1.165, 1.54) is 5.52 Å². The Hall–Kier alpha value is -1.88. The molecule has 1 aliphatic heterocycles. The molecule has 2 aromatic rings. The van der Waals surface area contributed by atoms with Gasteiger partial charge in [-0.15, -0.1) is 0 Å². The lowest BCUT2D eigenvalue weighted by atomic mass is 9.94. The van der Waals surface area contributed by atoms with Crippen molar-refractivity contribution in [2.24, 2.45) is 13.0 Å². The maximum atomic E-state index is 12.9. The number of amides is 1. The number of piperidine rings is 1. The quantitative estimate of drug-likeness (QED) is 0.796. The van der Waals surface area contributed by atoms with Crippen LogP contribution in [-0.4, -0.2) is 50.9 Å².